The Morgan fingerprint density at radius 3 is 2.73 bits per heavy atom. The lowest BCUT2D eigenvalue weighted by Gasteiger charge is -2.27. The molecular weight excluding hydrogens is 382 g/mol. The van der Waals surface area contributed by atoms with E-state index in [1.54, 1.807) is 14.2 Å². The van der Waals surface area contributed by atoms with Gasteiger partial charge in [0.1, 0.15) is 23.9 Å². The van der Waals surface area contributed by atoms with Gasteiger partial charge in [-0.1, -0.05) is 6.07 Å². The molecule has 2 aliphatic rings. The van der Waals surface area contributed by atoms with Gasteiger partial charge >= 0.3 is 0 Å². The molecular formula is C24H29NO5. The molecule has 2 aromatic carbocycles. The first kappa shape index (κ1) is 20.5. The zero-order chi connectivity index (χ0) is 20.9. The van der Waals surface area contributed by atoms with Crippen LogP contribution in [-0.4, -0.2) is 50.9 Å². The van der Waals surface area contributed by atoms with Crippen LogP contribution in [0.1, 0.15) is 47.6 Å². The molecule has 0 aliphatic carbocycles. The Morgan fingerprint density at radius 2 is 1.97 bits per heavy atom. The van der Waals surface area contributed by atoms with Crippen LogP contribution in [0.4, 0.5) is 0 Å². The van der Waals surface area contributed by atoms with Gasteiger partial charge in [0.05, 0.1) is 26.4 Å². The van der Waals surface area contributed by atoms with Gasteiger partial charge in [-0.15, -0.1) is 0 Å². The number of rotatable bonds is 7. The highest BCUT2D eigenvalue weighted by molar-refractivity contribution is 5.95. The molecule has 2 unspecified atom stereocenters. The molecule has 1 amide bonds. The number of hydrogen-bond donors (Lipinski definition) is 0. The predicted molar refractivity (Wildman–Crippen MR) is 113 cm³/mol. The molecule has 160 valence electrons. The third-order valence-electron chi connectivity index (χ3n) is 5.85. The SMILES string of the molecule is COc1ccc(C2CCCN2C(=O)c2cccc(OCC3CCCO3)c2)c(OC)c1. The Kier molecular flexibility index (Phi) is 6.43. The quantitative estimate of drug-likeness (QED) is 0.682. The molecule has 6 nitrogen and oxygen atoms in total. The van der Waals surface area contributed by atoms with Crippen LogP contribution in [0.15, 0.2) is 42.5 Å². The van der Waals surface area contributed by atoms with E-state index >= 15 is 0 Å². The second-order valence-corrected chi connectivity index (χ2v) is 7.74. The van der Waals surface area contributed by atoms with Gasteiger partial charge < -0.3 is 23.8 Å². The fourth-order valence-corrected chi connectivity index (χ4v) is 4.28. The minimum absolute atomic E-state index is 0.0120. The number of carbonyl (C=O) groups is 1. The zero-order valence-corrected chi connectivity index (χ0v) is 17.6. The number of methoxy groups -OCH3 is 2. The highest BCUT2D eigenvalue weighted by atomic mass is 16.5. The normalized spacial score (nSPS) is 20.9. The van der Waals surface area contributed by atoms with Gasteiger partial charge in [-0.2, -0.15) is 0 Å². The molecule has 2 fully saturated rings. The number of ether oxygens (including phenoxy) is 4. The molecule has 2 atom stereocenters. The van der Waals surface area contributed by atoms with E-state index in [2.05, 4.69) is 0 Å². The molecule has 0 spiro atoms. The summed E-state index contributed by atoms with van der Waals surface area (Å²) in [6.45, 7) is 2.05. The van der Waals surface area contributed by atoms with E-state index < -0.39 is 0 Å². The third kappa shape index (κ3) is 4.38. The maximum absolute atomic E-state index is 13.3. The maximum atomic E-state index is 13.3. The van der Waals surface area contributed by atoms with E-state index in [1.807, 2.05) is 47.4 Å². The second-order valence-electron chi connectivity index (χ2n) is 7.74. The lowest BCUT2D eigenvalue weighted by Crippen LogP contribution is -2.30. The molecule has 0 bridgehead atoms. The molecule has 2 saturated heterocycles. The van der Waals surface area contributed by atoms with E-state index in [9.17, 15) is 4.79 Å². The Morgan fingerprint density at radius 1 is 1.07 bits per heavy atom. The summed E-state index contributed by atoms with van der Waals surface area (Å²) in [5.41, 5.74) is 1.65. The minimum atomic E-state index is -0.0187. The average Bonchev–Trinajstić information content (AvgIpc) is 3.49. The first-order valence-corrected chi connectivity index (χ1v) is 10.6. The van der Waals surface area contributed by atoms with E-state index in [0.29, 0.717) is 17.9 Å². The van der Waals surface area contributed by atoms with Crippen molar-refractivity contribution in [2.24, 2.45) is 0 Å². The van der Waals surface area contributed by atoms with Crippen LogP contribution in [0.5, 0.6) is 17.2 Å². The van der Waals surface area contributed by atoms with Crippen LogP contribution in [0.3, 0.4) is 0 Å². The van der Waals surface area contributed by atoms with Crippen molar-refractivity contribution >= 4 is 5.91 Å². The van der Waals surface area contributed by atoms with Crippen molar-refractivity contribution in [1.82, 2.24) is 4.90 Å². The number of amides is 1. The molecule has 0 radical (unpaired) electrons. The lowest BCUT2D eigenvalue weighted by atomic mass is 10.0. The van der Waals surface area contributed by atoms with Crippen LogP contribution in [0.25, 0.3) is 0 Å². The number of nitrogens with zero attached hydrogens (tertiary/aromatic N) is 1. The monoisotopic (exact) mass is 411 g/mol. The lowest BCUT2D eigenvalue weighted by molar-refractivity contribution is 0.0676. The van der Waals surface area contributed by atoms with Crippen molar-refractivity contribution in [3.05, 3.63) is 53.6 Å². The predicted octanol–water partition coefficient (Wildman–Crippen LogP) is 4.24. The standard InChI is InChI=1S/C24H29NO5/c1-27-18-10-11-21(23(15-18)28-2)22-9-4-12-25(22)24(26)17-6-3-7-19(14-17)30-16-20-8-5-13-29-20/h3,6-7,10-11,14-15,20,22H,4-5,8-9,12-13,16H2,1-2H3. The molecule has 6 heteroatoms. The molecule has 30 heavy (non-hydrogen) atoms. The minimum Gasteiger partial charge on any atom is -0.497 e. The van der Waals surface area contributed by atoms with Crippen molar-refractivity contribution in [3.8, 4) is 17.2 Å². The van der Waals surface area contributed by atoms with Crippen LogP contribution in [0.2, 0.25) is 0 Å². The van der Waals surface area contributed by atoms with Gasteiger partial charge in [0, 0.05) is 30.3 Å². The first-order valence-electron chi connectivity index (χ1n) is 10.6. The molecule has 0 N–H and O–H groups in total. The molecule has 0 aromatic heterocycles. The highest BCUT2D eigenvalue weighted by Gasteiger charge is 2.32. The Bertz CT molecular complexity index is 878. The summed E-state index contributed by atoms with van der Waals surface area (Å²) in [5.74, 6) is 2.20. The molecule has 2 aromatic rings. The van der Waals surface area contributed by atoms with E-state index in [1.165, 1.54) is 0 Å². The van der Waals surface area contributed by atoms with Crippen LogP contribution < -0.4 is 14.2 Å². The highest BCUT2D eigenvalue weighted by Crippen LogP contribution is 2.39. The summed E-state index contributed by atoms with van der Waals surface area (Å²) in [7, 11) is 3.28. The smallest absolute Gasteiger partial charge is 0.254 e. The Labute approximate surface area is 177 Å². The first-order chi connectivity index (χ1) is 14.7. The van der Waals surface area contributed by atoms with Gasteiger partial charge in [-0.25, -0.2) is 0 Å². The summed E-state index contributed by atoms with van der Waals surface area (Å²) < 4.78 is 22.4. The topological polar surface area (TPSA) is 57.2 Å². The average molecular weight is 411 g/mol. The largest absolute Gasteiger partial charge is 0.497 e. The van der Waals surface area contributed by atoms with Gasteiger partial charge in [-0.3, -0.25) is 4.79 Å². The van der Waals surface area contributed by atoms with Crippen molar-refractivity contribution in [1.29, 1.82) is 0 Å². The van der Waals surface area contributed by atoms with Crippen molar-refractivity contribution < 1.29 is 23.7 Å². The number of carbonyl (C=O) groups excluding carboxylic acids is 1. The zero-order valence-electron chi connectivity index (χ0n) is 17.6. The van der Waals surface area contributed by atoms with E-state index in [-0.39, 0.29) is 18.1 Å². The van der Waals surface area contributed by atoms with Crippen LogP contribution in [0, 0.1) is 0 Å². The Hall–Kier alpha value is -2.73. The molecule has 2 heterocycles. The van der Waals surface area contributed by atoms with Gasteiger partial charge in [0.2, 0.25) is 0 Å². The number of benzene rings is 2. The van der Waals surface area contributed by atoms with Gasteiger partial charge in [-0.05, 0) is 56.0 Å². The van der Waals surface area contributed by atoms with Crippen LogP contribution >= 0.6 is 0 Å². The molecule has 0 saturated carbocycles. The maximum Gasteiger partial charge on any atom is 0.254 e. The Balaban J connectivity index is 1.50. The summed E-state index contributed by atoms with van der Waals surface area (Å²) >= 11 is 0. The third-order valence-corrected chi connectivity index (χ3v) is 5.85. The summed E-state index contributed by atoms with van der Waals surface area (Å²) in [6, 6.07) is 13.2. The van der Waals surface area contributed by atoms with Crippen molar-refractivity contribution in [2.75, 3.05) is 34.0 Å². The summed E-state index contributed by atoms with van der Waals surface area (Å²) in [6.07, 6.45) is 4.12. The van der Waals surface area contributed by atoms with Gasteiger partial charge in [0.25, 0.3) is 5.91 Å². The van der Waals surface area contributed by atoms with Crippen LogP contribution in [-0.2, 0) is 4.74 Å². The molecule has 2 aliphatic heterocycles. The second kappa shape index (κ2) is 9.39. The fraction of sp³-hybridized carbons (Fsp3) is 0.458. The number of likely N-dealkylation sites (tertiary alicyclic amines) is 1. The summed E-state index contributed by atoms with van der Waals surface area (Å²) in [4.78, 5) is 15.3. The molecule has 4 rings (SSSR count). The van der Waals surface area contributed by atoms with E-state index in [0.717, 1.165) is 55.9 Å². The fourth-order valence-electron chi connectivity index (χ4n) is 4.28. The summed E-state index contributed by atoms with van der Waals surface area (Å²) in [5, 5.41) is 0. The number of hydrogen-bond acceptors (Lipinski definition) is 5. The van der Waals surface area contributed by atoms with Crippen molar-refractivity contribution in [2.45, 2.75) is 37.8 Å². The van der Waals surface area contributed by atoms with Crippen molar-refractivity contribution in [3.63, 3.8) is 0 Å². The van der Waals surface area contributed by atoms with E-state index in [4.69, 9.17) is 18.9 Å². The van der Waals surface area contributed by atoms with Gasteiger partial charge in [0.15, 0.2) is 0 Å².